The van der Waals surface area contributed by atoms with Crippen LogP contribution in [0.15, 0.2) is 71.6 Å². The van der Waals surface area contributed by atoms with Crippen molar-refractivity contribution in [2.75, 3.05) is 18.0 Å². The average molecular weight is 604 g/mol. The van der Waals surface area contributed by atoms with E-state index in [1.807, 2.05) is 20.8 Å². The summed E-state index contributed by atoms with van der Waals surface area (Å²) < 4.78 is 49.0. The van der Waals surface area contributed by atoms with Crippen molar-refractivity contribution in [3.8, 4) is 5.75 Å². The van der Waals surface area contributed by atoms with Gasteiger partial charge in [0, 0.05) is 23.2 Å². The first-order valence-corrected chi connectivity index (χ1v) is 15.0. The number of nitrogens with zero attached hydrogens (tertiary/aromatic N) is 2. The zero-order chi connectivity index (χ0) is 30.3. The van der Waals surface area contributed by atoms with Gasteiger partial charge in [0.2, 0.25) is 11.8 Å². The topological polar surface area (TPSA) is 96.0 Å². The lowest BCUT2D eigenvalue weighted by Gasteiger charge is -2.33. The highest BCUT2D eigenvalue weighted by atomic mass is 35.5. The minimum Gasteiger partial charge on any atom is -0.495 e. The number of carbonyl (C=O) groups excluding carboxylic acids is 2. The number of amides is 2. The Hall–Kier alpha value is -3.63. The van der Waals surface area contributed by atoms with E-state index in [1.165, 1.54) is 67.5 Å². The Bertz CT molecular complexity index is 1480. The highest BCUT2D eigenvalue weighted by Gasteiger charge is 2.34. The number of nitrogens with one attached hydrogen (secondary N) is 1. The Kier molecular flexibility index (Phi) is 10.8. The third-order valence-electron chi connectivity index (χ3n) is 6.76. The van der Waals surface area contributed by atoms with Crippen LogP contribution in [0.2, 0.25) is 5.02 Å². The maximum atomic E-state index is 14.7. The molecule has 2 amide bonds. The molecule has 3 aromatic rings. The molecule has 2 atom stereocenters. The van der Waals surface area contributed by atoms with Crippen molar-refractivity contribution in [2.45, 2.75) is 57.6 Å². The van der Waals surface area contributed by atoms with Crippen LogP contribution in [0, 0.1) is 12.7 Å². The van der Waals surface area contributed by atoms with E-state index in [0.717, 1.165) is 9.87 Å². The molecule has 3 rings (SSSR count). The molecule has 0 aliphatic carbocycles. The monoisotopic (exact) mass is 603 g/mol. The predicted octanol–water partition coefficient (Wildman–Crippen LogP) is 5.32. The molecule has 1 N–H and O–H groups in total. The number of hydrogen-bond donors (Lipinski definition) is 1. The van der Waals surface area contributed by atoms with Gasteiger partial charge in [-0.15, -0.1) is 0 Å². The van der Waals surface area contributed by atoms with Crippen LogP contribution in [0.25, 0.3) is 0 Å². The number of aryl methyl sites for hydroxylation is 1. The van der Waals surface area contributed by atoms with E-state index in [0.29, 0.717) is 6.42 Å². The van der Waals surface area contributed by atoms with Gasteiger partial charge in [-0.1, -0.05) is 54.4 Å². The third-order valence-corrected chi connectivity index (χ3v) is 8.77. The van der Waals surface area contributed by atoms with Crippen LogP contribution in [-0.4, -0.2) is 50.9 Å². The van der Waals surface area contributed by atoms with Crippen molar-refractivity contribution >= 4 is 39.1 Å². The molecule has 0 aromatic heterocycles. The Morgan fingerprint density at radius 1 is 1.05 bits per heavy atom. The largest absolute Gasteiger partial charge is 0.495 e. The molecular formula is C30H35ClFN3O5S. The number of carbonyl (C=O) groups is 2. The summed E-state index contributed by atoms with van der Waals surface area (Å²) in [5, 5.41) is 3.07. The highest BCUT2D eigenvalue weighted by Crippen LogP contribution is 2.35. The minimum absolute atomic E-state index is 0.0384. The van der Waals surface area contributed by atoms with Crippen molar-refractivity contribution in [2.24, 2.45) is 0 Å². The van der Waals surface area contributed by atoms with Gasteiger partial charge in [0.05, 0.1) is 17.7 Å². The number of anilines is 1. The maximum absolute atomic E-state index is 14.7. The zero-order valence-electron chi connectivity index (χ0n) is 23.7. The van der Waals surface area contributed by atoms with Gasteiger partial charge in [0.1, 0.15) is 24.2 Å². The molecule has 41 heavy (non-hydrogen) atoms. The second kappa shape index (κ2) is 13.8. The quantitative estimate of drug-likeness (QED) is 0.302. The molecule has 2 unspecified atom stereocenters. The fourth-order valence-electron chi connectivity index (χ4n) is 4.07. The van der Waals surface area contributed by atoms with Gasteiger partial charge in [-0.05, 0) is 63.6 Å². The molecule has 220 valence electrons. The summed E-state index contributed by atoms with van der Waals surface area (Å²) in [6.45, 7) is 6.12. The molecule has 0 saturated heterocycles. The molecule has 0 bridgehead atoms. The smallest absolute Gasteiger partial charge is 0.264 e. The maximum Gasteiger partial charge on any atom is 0.264 e. The Morgan fingerprint density at radius 3 is 2.32 bits per heavy atom. The normalized spacial score (nSPS) is 12.8. The summed E-state index contributed by atoms with van der Waals surface area (Å²) in [7, 11) is -2.95. The second-order valence-electron chi connectivity index (χ2n) is 9.75. The van der Waals surface area contributed by atoms with Crippen molar-refractivity contribution in [3.05, 3.63) is 88.7 Å². The van der Waals surface area contributed by atoms with Crippen molar-refractivity contribution < 1.29 is 27.1 Å². The molecule has 3 aromatic carbocycles. The number of sulfonamides is 1. The van der Waals surface area contributed by atoms with E-state index in [2.05, 4.69) is 5.32 Å². The van der Waals surface area contributed by atoms with E-state index in [9.17, 15) is 22.4 Å². The summed E-state index contributed by atoms with van der Waals surface area (Å²) in [4.78, 5) is 28.2. The van der Waals surface area contributed by atoms with Crippen LogP contribution >= 0.6 is 11.6 Å². The zero-order valence-corrected chi connectivity index (χ0v) is 25.3. The molecule has 8 nitrogen and oxygen atoms in total. The van der Waals surface area contributed by atoms with Crippen LogP contribution in [-0.2, 0) is 26.2 Å². The highest BCUT2D eigenvalue weighted by molar-refractivity contribution is 7.92. The molecule has 0 aliphatic rings. The number of benzene rings is 3. The second-order valence-corrected chi connectivity index (χ2v) is 12.0. The fourth-order valence-corrected chi connectivity index (χ4v) is 5.65. The minimum atomic E-state index is -4.33. The lowest BCUT2D eigenvalue weighted by Crippen LogP contribution is -2.52. The van der Waals surface area contributed by atoms with E-state index in [-0.39, 0.29) is 39.5 Å². The Balaban J connectivity index is 2.11. The molecule has 0 fully saturated rings. The van der Waals surface area contributed by atoms with Gasteiger partial charge in [-0.2, -0.15) is 0 Å². The van der Waals surface area contributed by atoms with E-state index < -0.39 is 40.2 Å². The van der Waals surface area contributed by atoms with Crippen LogP contribution < -0.4 is 14.4 Å². The molecule has 0 heterocycles. The van der Waals surface area contributed by atoms with Crippen LogP contribution in [0.3, 0.4) is 0 Å². The predicted molar refractivity (Wildman–Crippen MR) is 158 cm³/mol. The van der Waals surface area contributed by atoms with Gasteiger partial charge in [-0.3, -0.25) is 13.9 Å². The molecule has 0 saturated carbocycles. The van der Waals surface area contributed by atoms with Gasteiger partial charge < -0.3 is 15.0 Å². The van der Waals surface area contributed by atoms with Gasteiger partial charge in [0.15, 0.2) is 0 Å². The van der Waals surface area contributed by atoms with Crippen molar-refractivity contribution in [3.63, 3.8) is 0 Å². The van der Waals surface area contributed by atoms with Crippen LogP contribution in [0.4, 0.5) is 10.1 Å². The van der Waals surface area contributed by atoms with Crippen molar-refractivity contribution in [1.82, 2.24) is 10.2 Å². The van der Waals surface area contributed by atoms with Gasteiger partial charge >= 0.3 is 0 Å². The lowest BCUT2D eigenvalue weighted by atomic mass is 10.1. The van der Waals surface area contributed by atoms with Crippen LogP contribution in [0.5, 0.6) is 5.75 Å². The molecular weight excluding hydrogens is 569 g/mol. The van der Waals surface area contributed by atoms with E-state index in [4.69, 9.17) is 16.3 Å². The van der Waals surface area contributed by atoms with E-state index in [1.54, 1.807) is 18.2 Å². The molecule has 11 heteroatoms. The molecule has 0 spiro atoms. The first-order chi connectivity index (χ1) is 19.4. The number of hydrogen-bond acceptors (Lipinski definition) is 5. The number of methoxy groups -OCH3 is 1. The van der Waals surface area contributed by atoms with Crippen LogP contribution in [0.1, 0.15) is 38.3 Å². The molecule has 0 radical (unpaired) electrons. The summed E-state index contributed by atoms with van der Waals surface area (Å²) in [5.41, 5.74) is 1.07. The number of rotatable bonds is 12. The fraction of sp³-hybridized carbons (Fsp3) is 0.333. The lowest BCUT2D eigenvalue weighted by molar-refractivity contribution is -0.139. The Morgan fingerprint density at radius 2 is 1.71 bits per heavy atom. The first-order valence-electron chi connectivity index (χ1n) is 13.1. The molecule has 0 aliphatic heterocycles. The first kappa shape index (κ1) is 31.9. The summed E-state index contributed by atoms with van der Waals surface area (Å²) >= 11 is 6.25. The van der Waals surface area contributed by atoms with Gasteiger partial charge in [-0.25, -0.2) is 12.8 Å². The van der Waals surface area contributed by atoms with Gasteiger partial charge in [0.25, 0.3) is 10.0 Å². The average Bonchev–Trinajstić information content (AvgIpc) is 2.95. The summed E-state index contributed by atoms with van der Waals surface area (Å²) in [6.07, 6.45) is 0.664. The summed E-state index contributed by atoms with van der Waals surface area (Å²) in [6, 6.07) is 15.3. The SMILES string of the molecule is CCC(C)NC(=O)C(C)N(Cc1ccccc1F)C(=O)CN(c1cc(Cl)ccc1OC)S(=O)(=O)c1ccc(C)cc1. The number of ether oxygens (including phenoxy) is 1. The Labute approximate surface area is 246 Å². The summed E-state index contributed by atoms with van der Waals surface area (Å²) in [5.74, 6) is -1.56. The van der Waals surface area contributed by atoms with Crippen molar-refractivity contribution in [1.29, 1.82) is 0 Å². The standard InChI is InChI=1S/C30H35ClFN3O5S/c1-6-21(3)33-30(37)22(4)34(18-23-9-7-8-10-26(23)32)29(36)19-35(27-17-24(31)13-16-28(27)40-5)41(38,39)25-14-11-20(2)12-15-25/h7-17,21-22H,6,18-19H2,1-5H3,(H,33,37). The third kappa shape index (κ3) is 7.77. The van der Waals surface area contributed by atoms with E-state index >= 15 is 0 Å². The number of halogens is 2.